The van der Waals surface area contributed by atoms with Gasteiger partial charge in [-0.15, -0.1) is 0 Å². The Bertz CT molecular complexity index is 856. The fourth-order valence-corrected chi connectivity index (χ4v) is 7.53. The van der Waals surface area contributed by atoms with Crippen LogP contribution in [0.1, 0.15) is 29.6 Å². The minimum atomic E-state index is -3.78. The zero-order valence-electron chi connectivity index (χ0n) is 13.7. The molecule has 9 heteroatoms. The second-order valence-corrected chi connectivity index (χ2v) is 10.9. The van der Waals surface area contributed by atoms with Crippen molar-refractivity contribution in [1.82, 2.24) is 5.32 Å². The molecular weight excluding hydrogens is 366 g/mol. The van der Waals surface area contributed by atoms with E-state index in [-0.39, 0.29) is 40.4 Å². The molecule has 2 aliphatic rings. The van der Waals surface area contributed by atoms with Gasteiger partial charge in [0, 0.05) is 18.7 Å². The maximum atomic E-state index is 12.6. The van der Waals surface area contributed by atoms with E-state index >= 15 is 0 Å². The number of benzene rings is 1. The highest BCUT2D eigenvalue weighted by atomic mass is 32.2. The number of carbonyl (C=O) groups is 1. The first-order valence-corrected chi connectivity index (χ1v) is 11.6. The summed E-state index contributed by atoms with van der Waals surface area (Å²) >= 11 is 0. The topological polar surface area (TPSA) is 107 Å². The fourth-order valence-electron chi connectivity index (χ4n) is 3.13. The summed E-state index contributed by atoms with van der Waals surface area (Å²) < 4.78 is 53.9. The van der Waals surface area contributed by atoms with Crippen molar-refractivity contribution in [3.05, 3.63) is 29.8 Å². The van der Waals surface area contributed by atoms with Gasteiger partial charge in [0.1, 0.15) is 0 Å². The van der Waals surface area contributed by atoms with Crippen molar-refractivity contribution >= 4 is 25.6 Å². The third-order valence-corrected chi connectivity index (χ3v) is 8.74. The molecule has 1 amide bonds. The molecule has 0 radical (unpaired) electrons. The first kappa shape index (κ1) is 18.3. The Labute approximate surface area is 147 Å². The van der Waals surface area contributed by atoms with Gasteiger partial charge in [-0.1, -0.05) is 6.07 Å². The molecule has 0 spiro atoms. The molecule has 2 heterocycles. The normalized spacial score (nSPS) is 25.8. The van der Waals surface area contributed by atoms with E-state index in [4.69, 9.17) is 4.74 Å². The van der Waals surface area contributed by atoms with Gasteiger partial charge in [-0.25, -0.2) is 16.8 Å². The molecule has 7 nitrogen and oxygen atoms in total. The van der Waals surface area contributed by atoms with E-state index < -0.39 is 24.9 Å². The van der Waals surface area contributed by atoms with Crippen LogP contribution in [0.5, 0.6) is 0 Å². The van der Waals surface area contributed by atoms with Crippen molar-refractivity contribution in [1.29, 1.82) is 0 Å². The second-order valence-electron chi connectivity index (χ2n) is 6.44. The molecule has 2 atom stereocenters. The SMILES string of the molecule is O=C(NCC1CCCO1)c1cccc(S(=O)(=O)C2CCS(=O)(=O)C2)c1. The molecular formula is C16H21NO6S2. The Balaban J connectivity index is 1.73. The van der Waals surface area contributed by atoms with Crippen molar-refractivity contribution < 1.29 is 26.4 Å². The highest BCUT2D eigenvalue weighted by Crippen LogP contribution is 2.26. The molecule has 2 fully saturated rings. The Morgan fingerprint density at radius 3 is 2.72 bits per heavy atom. The Morgan fingerprint density at radius 2 is 2.08 bits per heavy atom. The summed E-state index contributed by atoms with van der Waals surface area (Å²) in [6.07, 6.45) is 1.96. The van der Waals surface area contributed by atoms with E-state index in [0.717, 1.165) is 12.8 Å². The first-order chi connectivity index (χ1) is 11.8. The van der Waals surface area contributed by atoms with Gasteiger partial charge in [-0.05, 0) is 37.5 Å². The van der Waals surface area contributed by atoms with Gasteiger partial charge in [-0.3, -0.25) is 4.79 Å². The summed E-state index contributed by atoms with van der Waals surface area (Å²) in [7, 11) is -7.08. The highest BCUT2D eigenvalue weighted by Gasteiger charge is 2.38. The second kappa shape index (κ2) is 7.05. The largest absolute Gasteiger partial charge is 0.376 e. The van der Waals surface area contributed by atoms with Gasteiger partial charge in [0.25, 0.3) is 5.91 Å². The number of amides is 1. The van der Waals surface area contributed by atoms with Crippen LogP contribution in [0.15, 0.2) is 29.2 Å². The van der Waals surface area contributed by atoms with E-state index in [1.54, 1.807) is 0 Å². The Hall–Kier alpha value is -1.45. The van der Waals surface area contributed by atoms with Crippen LogP contribution < -0.4 is 5.32 Å². The van der Waals surface area contributed by atoms with Crippen LogP contribution in [-0.4, -0.2) is 58.8 Å². The van der Waals surface area contributed by atoms with E-state index in [0.29, 0.717) is 13.2 Å². The average molecular weight is 387 g/mol. The first-order valence-electron chi connectivity index (χ1n) is 8.22. The minimum absolute atomic E-state index is 0.000407. The van der Waals surface area contributed by atoms with Crippen LogP contribution in [0.3, 0.4) is 0 Å². The van der Waals surface area contributed by atoms with Crippen LogP contribution in [0.2, 0.25) is 0 Å². The fraction of sp³-hybridized carbons (Fsp3) is 0.562. The predicted octanol–water partition coefficient (Wildman–Crippen LogP) is 0.556. The summed E-state index contributed by atoms with van der Waals surface area (Å²) in [5.74, 6) is -0.838. The monoisotopic (exact) mass is 387 g/mol. The molecule has 2 saturated heterocycles. The number of hydrogen-bond acceptors (Lipinski definition) is 6. The maximum Gasteiger partial charge on any atom is 0.251 e. The third-order valence-electron chi connectivity index (χ3n) is 4.57. The van der Waals surface area contributed by atoms with Crippen molar-refractivity contribution in [2.45, 2.75) is 35.5 Å². The third kappa shape index (κ3) is 4.21. The van der Waals surface area contributed by atoms with Gasteiger partial charge in [0.15, 0.2) is 19.7 Å². The quantitative estimate of drug-likeness (QED) is 0.791. The van der Waals surface area contributed by atoms with Crippen molar-refractivity contribution in [2.75, 3.05) is 24.7 Å². The molecule has 25 heavy (non-hydrogen) atoms. The lowest BCUT2D eigenvalue weighted by molar-refractivity contribution is 0.0857. The number of nitrogens with one attached hydrogen (secondary N) is 1. The van der Waals surface area contributed by atoms with E-state index in [1.165, 1.54) is 24.3 Å². The number of sulfone groups is 2. The Morgan fingerprint density at radius 1 is 1.28 bits per heavy atom. The average Bonchev–Trinajstić information content (AvgIpc) is 3.22. The number of ether oxygens (including phenoxy) is 1. The molecule has 1 N–H and O–H groups in total. The molecule has 3 rings (SSSR count). The van der Waals surface area contributed by atoms with Gasteiger partial charge in [0.2, 0.25) is 0 Å². The van der Waals surface area contributed by atoms with Gasteiger partial charge >= 0.3 is 0 Å². The van der Waals surface area contributed by atoms with E-state index in [2.05, 4.69) is 5.32 Å². The molecule has 138 valence electrons. The van der Waals surface area contributed by atoms with Crippen LogP contribution in [0.4, 0.5) is 0 Å². The van der Waals surface area contributed by atoms with E-state index in [1.807, 2.05) is 0 Å². The number of rotatable bonds is 5. The van der Waals surface area contributed by atoms with Gasteiger partial charge in [-0.2, -0.15) is 0 Å². The van der Waals surface area contributed by atoms with Crippen LogP contribution in [0.25, 0.3) is 0 Å². The minimum Gasteiger partial charge on any atom is -0.376 e. The van der Waals surface area contributed by atoms with Crippen molar-refractivity contribution in [2.24, 2.45) is 0 Å². The molecule has 0 bridgehead atoms. The Kier molecular flexibility index (Phi) is 5.17. The lowest BCUT2D eigenvalue weighted by atomic mass is 10.2. The predicted molar refractivity (Wildman–Crippen MR) is 92.0 cm³/mol. The zero-order chi connectivity index (χ0) is 18.1. The molecule has 1 aromatic rings. The number of carbonyl (C=O) groups excluding carboxylic acids is 1. The summed E-state index contributed by atoms with van der Waals surface area (Å²) in [6, 6.07) is 5.74. The van der Waals surface area contributed by atoms with Gasteiger partial charge < -0.3 is 10.1 Å². The molecule has 2 unspecified atom stereocenters. The van der Waals surface area contributed by atoms with Crippen LogP contribution in [0, 0.1) is 0 Å². The summed E-state index contributed by atoms with van der Waals surface area (Å²) in [4.78, 5) is 12.2. The zero-order valence-corrected chi connectivity index (χ0v) is 15.3. The number of hydrogen-bond donors (Lipinski definition) is 1. The molecule has 2 aliphatic heterocycles. The molecule has 0 aromatic heterocycles. The lowest BCUT2D eigenvalue weighted by Gasteiger charge is -2.13. The van der Waals surface area contributed by atoms with Crippen LogP contribution in [-0.2, 0) is 24.4 Å². The maximum absolute atomic E-state index is 12.6. The van der Waals surface area contributed by atoms with Crippen molar-refractivity contribution in [3.63, 3.8) is 0 Å². The smallest absolute Gasteiger partial charge is 0.251 e. The van der Waals surface area contributed by atoms with Gasteiger partial charge in [0.05, 0.1) is 27.8 Å². The summed E-state index contributed by atoms with van der Waals surface area (Å²) in [5, 5.41) is 1.81. The molecule has 0 aliphatic carbocycles. The summed E-state index contributed by atoms with van der Waals surface area (Å²) in [6.45, 7) is 1.08. The summed E-state index contributed by atoms with van der Waals surface area (Å²) in [5.41, 5.74) is 0.236. The lowest BCUT2D eigenvalue weighted by Crippen LogP contribution is -2.32. The molecule has 0 saturated carbocycles. The van der Waals surface area contributed by atoms with Crippen molar-refractivity contribution in [3.8, 4) is 0 Å². The van der Waals surface area contributed by atoms with E-state index in [9.17, 15) is 21.6 Å². The van der Waals surface area contributed by atoms with Crippen LogP contribution >= 0.6 is 0 Å². The highest BCUT2D eigenvalue weighted by molar-refractivity contribution is 7.96. The standard InChI is InChI=1S/C16H21NO6S2/c18-16(17-10-13-4-2-7-23-13)12-3-1-5-14(9-12)25(21,22)15-6-8-24(19,20)11-15/h1,3,5,9,13,15H,2,4,6-8,10-11H2,(H,17,18). The molecule has 1 aromatic carbocycles.